The summed E-state index contributed by atoms with van der Waals surface area (Å²) in [4.78, 5) is 19.2. The van der Waals surface area contributed by atoms with Crippen LogP contribution in [0.2, 0.25) is 4.34 Å². The van der Waals surface area contributed by atoms with Crippen LogP contribution in [0.4, 0.5) is 0 Å². The van der Waals surface area contributed by atoms with E-state index in [0.717, 1.165) is 44.9 Å². The molecule has 1 saturated heterocycles. The summed E-state index contributed by atoms with van der Waals surface area (Å²) in [5.74, 6) is -0.748. The first-order valence-electron chi connectivity index (χ1n) is 8.71. The number of fused-ring (bicyclic) bond motifs is 1. The van der Waals surface area contributed by atoms with Crippen LogP contribution in [0.3, 0.4) is 0 Å². The summed E-state index contributed by atoms with van der Waals surface area (Å²) in [5.41, 5.74) is 1.09. The summed E-state index contributed by atoms with van der Waals surface area (Å²) in [6.45, 7) is 0.769. The molecule has 1 aliphatic heterocycles. The molecule has 2 atom stereocenters. The van der Waals surface area contributed by atoms with Gasteiger partial charge in [0.1, 0.15) is 6.04 Å². The zero-order valence-corrected chi connectivity index (χ0v) is 15.7. The molecule has 0 amide bonds. The summed E-state index contributed by atoms with van der Waals surface area (Å²) in [5, 5.41) is 11.9. The highest BCUT2D eigenvalue weighted by molar-refractivity contribution is 7.16. The van der Waals surface area contributed by atoms with Crippen LogP contribution < -0.4 is 0 Å². The molecule has 3 aromatic rings. The Morgan fingerprint density at radius 1 is 1.23 bits per heavy atom. The third-order valence-corrected chi connectivity index (χ3v) is 6.29. The normalized spacial score (nSPS) is 19.5. The SMILES string of the molecule is O=C(O)C1CCCCN1C(c1ccc2cnccc2c1)c1ccc(Cl)s1. The lowest BCUT2D eigenvalue weighted by Gasteiger charge is -2.39. The number of pyridine rings is 1. The number of carboxylic acid groups (broad SMARTS) is 1. The molecule has 0 radical (unpaired) electrons. The minimum atomic E-state index is -0.748. The predicted octanol–water partition coefficient (Wildman–Crippen LogP) is 4.98. The highest BCUT2D eigenvalue weighted by Crippen LogP contribution is 2.39. The molecular formula is C20H19ClN2O2S. The van der Waals surface area contributed by atoms with Crippen molar-refractivity contribution in [1.82, 2.24) is 9.88 Å². The van der Waals surface area contributed by atoms with Gasteiger partial charge in [0.2, 0.25) is 0 Å². The molecule has 1 aliphatic rings. The number of piperidine rings is 1. The fourth-order valence-electron chi connectivity index (χ4n) is 3.79. The maximum absolute atomic E-state index is 11.9. The van der Waals surface area contributed by atoms with E-state index >= 15 is 0 Å². The first-order chi connectivity index (χ1) is 12.6. The number of aromatic nitrogens is 1. The zero-order valence-electron chi connectivity index (χ0n) is 14.1. The van der Waals surface area contributed by atoms with E-state index in [9.17, 15) is 9.90 Å². The van der Waals surface area contributed by atoms with Gasteiger partial charge in [-0.05, 0) is 54.6 Å². The number of halogens is 1. The van der Waals surface area contributed by atoms with Gasteiger partial charge in [0.15, 0.2) is 0 Å². The Kier molecular flexibility index (Phi) is 4.94. The summed E-state index contributed by atoms with van der Waals surface area (Å²) in [7, 11) is 0. The number of benzene rings is 1. The van der Waals surface area contributed by atoms with Gasteiger partial charge < -0.3 is 5.11 Å². The molecule has 4 nitrogen and oxygen atoms in total. The van der Waals surface area contributed by atoms with Gasteiger partial charge in [0, 0.05) is 22.7 Å². The molecule has 1 aromatic carbocycles. The molecule has 1 N–H and O–H groups in total. The largest absolute Gasteiger partial charge is 0.480 e. The van der Waals surface area contributed by atoms with E-state index in [-0.39, 0.29) is 6.04 Å². The van der Waals surface area contributed by atoms with Crippen molar-refractivity contribution >= 4 is 39.7 Å². The van der Waals surface area contributed by atoms with E-state index < -0.39 is 12.0 Å². The Hall–Kier alpha value is -1.95. The number of likely N-dealkylation sites (tertiary alicyclic amines) is 1. The molecule has 0 spiro atoms. The lowest BCUT2D eigenvalue weighted by atomic mass is 9.94. The Labute approximate surface area is 161 Å². The number of hydrogen-bond acceptors (Lipinski definition) is 4. The van der Waals surface area contributed by atoms with E-state index in [0.29, 0.717) is 6.42 Å². The van der Waals surface area contributed by atoms with Gasteiger partial charge in [-0.3, -0.25) is 14.7 Å². The van der Waals surface area contributed by atoms with Crippen molar-refractivity contribution in [1.29, 1.82) is 0 Å². The van der Waals surface area contributed by atoms with E-state index in [1.54, 1.807) is 6.20 Å². The van der Waals surface area contributed by atoms with Crippen molar-refractivity contribution in [3.8, 4) is 0 Å². The average molecular weight is 387 g/mol. The van der Waals surface area contributed by atoms with Gasteiger partial charge >= 0.3 is 5.97 Å². The van der Waals surface area contributed by atoms with Gasteiger partial charge in [-0.1, -0.05) is 30.2 Å². The van der Waals surface area contributed by atoms with Gasteiger partial charge in [0.25, 0.3) is 0 Å². The second-order valence-electron chi connectivity index (χ2n) is 6.61. The molecule has 2 aromatic heterocycles. The van der Waals surface area contributed by atoms with Crippen molar-refractivity contribution in [3.05, 3.63) is 63.6 Å². The van der Waals surface area contributed by atoms with Crippen molar-refractivity contribution in [2.75, 3.05) is 6.54 Å². The molecule has 3 heterocycles. The number of hydrogen-bond donors (Lipinski definition) is 1. The third kappa shape index (κ3) is 3.34. The van der Waals surface area contributed by atoms with E-state index in [1.807, 2.05) is 24.4 Å². The first kappa shape index (κ1) is 17.5. The average Bonchev–Trinajstić information content (AvgIpc) is 3.08. The van der Waals surface area contributed by atoms with Crippen LogP contribution in [0.25, 0.3) is 10.8 Å². The van der Waals surface area contributed by atoms with E-state index in [2.05, 4.69) is 28.1 Å². The lowest BCUT2D eigenvalue weighted by molar-refractivity contribution is -0.145. The molecule has 0 saturated carbocycles. The monoisotopic (exact) mass is 386 g/mol. The Morgan fingerprint density at radius 3 is 2.88 bits per heavy atom. The summed E-state index contributed by atoms with van der Waals surface area (Å²) in [6.07, 6.45) is 6.27. The van der Waals surface area contributed by atoms with Gasteiger partial charge in [-0.25, -0.2) is 0 Å². The summed E-state index contributed by atoms with van der Waals surface area (Å²) < 4.78 is 0.721. The second-order valence-corrected chi connectivity index (χ2v) is 8.36. The number of rotatable bonds is 4. The predicted molar refractivity (Wildman–Crippen MR) is 105 cm³/mol. The maximum atomic E-state index is 11.9. The molecule has 26 heavy (non-hydrogen) atoms. The van der Waals surface area contributed by atoms with Gasteiger partial charge in [-0.15, -0.1) is 11.3 Å². The fourth-order valence-corrected chi connectivity index (χ4v) is 5.01. The molecule has 0 aliphatic carbocycles. The Morgan fingerprint density at radius 2 is 2.12 bits per heavy atom. The number of carbonyl (C=O) groups is 1. The highest BCUT2D eigenvalue weighted by atomic mass is 35.5. The Bertz CT molecular complexity index is 942. The number of aliphatic carboxylic acids is 1. The molecule has 134 valence electrons. The smallest absolute Gasteiger partial charge is 0.320 e. The molecule has 2 unspecified atom stereocenters. The van der Waals surface area contributed by atoms with Gasteiger partial charge in [0.05, 0.1) is 10.4 Å². The molecular weight excluding hydrogens is 368 g/mol. The quantitative estimate of drug-likeness (QED) is 0.687. The number of nitrogens with zero attached hydrogens (tertiary/aromatic N) is 2. The van der Waals surface area contributed by atoms with E-state index in [1.165, 1.54) is 11.3 Å². The molecule has 6 heteroatoms. The molecule has 1 fully saturated rings. The van der Waals surface area contributed by atoms with Crippen LogP contribution in [0, 0.1) is 0 Å². The third-order valence-electron chi connectivity index (χ3n) is 5.00. The van der Waals surface area contributed by atoms with Gasteiger partial charge in [-0.2, -0.15) is 0 Å². The number of carboxylic acids is 1. The number of thiophene rings is 1. The van der Waals surface area contributed by atoms with E-state index in [4.69, 9.17) is 11.6 Å². The van der Waals surface area contributed by atoms with Crippen molar-refractivity contribution < 1.29 is 9.90 Å². The van der Waals surface area contributed by atoms with Crippen molar-refractivity contribution in [3.63, 3.8) is 0 Å². The fraction of sp³-hybridized carbons (Fsp3) is 0.300. The lowest BCUT2D eigenvalue weighted by Crippen LogP contribution is -2.46. The highest BCUT2D eigenvalue weighted by Gasteiger charge is 2.35. The van der Waals surface area contributed by atoms with Crippen LogP contribution in [-0.4, -0.2) is 33.5 Å². The van der Waals surface area contributed by atoms with Crippen LogP contribution in [0.15, 0.2) is 48.8 Å². The van der Waals surface area contributed by atoms with Crippen molar-refractivity contribution in [2.45, 2.75) is 31.3 Å². The maximum Gasteiger partial charge on any atom is 0.320 e. The van der Waals surface area contributed by atoms with Crippen LogP contribution in [0.1, 0.15) is 35.7 Å². The second kappa shape index (κ2) is 7.35. The molecule has 4 rings (SSSR count). The topological polar surface area (TPSA) is 53.4 Å². The minimum Gasteiger partial charge on any atom is -0.480 e. The van der Waals surface area contributed by atoms with Crippen LogP contribution in [0.5, 0.6) is 0 Å². The molecule has 0 bridgehead atoms. The summed E-state index contributed by atoms with van der Waals surface area (Å²) in [6, 6.07) is 11.6. The Balaban J connectivity index is 1.83. The van der Waals surface area contributed by atoms with Crippen LogP contribution >= 0.6 is 22.9 Å². The summed E-state index contributed by atoms with van der Waals surface area (Å²) >= 11 is 7.72. The zero-order chi connectivity index (χ0) is 18.1. The standard InChI is InChI=1S/C20H19ClN2O2S/c21-18-7-6-17(26-18)19(23-10-2-1-3-16(23)20(24)25)14-4-5-15-12-22-9-8-13(15)11-14/h4-9,11-12,16,19H,1-3,10H2,(H,24,25). The van der Waals surface area contributed by atoms with Crippen molar-refractivity contribution in [2.24, 2.45) is 0 Å². The first-order valence-corrected chi connectivity index (χ1v) is 9.90. The minimum absolute atomic E-state index is 0.105. The van der Waals surface area contributed by atoms with Crippen LogP contribution in [-0.2, 0) is 4.79 Å².